The number of nitrogens with zero attached hydrogens (tertiary/aromatic N) is 3. The third kappa shape index (κ3) is 5.01. The predicted octanol–water partition coefficient (Wildman–Crippen LogP) is 5.00. The minimum Gasteiger partial charge on any atom is -0.344 e. The molecule has 0 spiro atoms. The lowest BCUT2D eigenvalue weighted by atomic mass is 10.1. The molecule has 0 amide bonds. The van der Waals surface area contributed by atoms with Crippen LogP contribution in [0.25, 0.3) is 0 Å². The van der Waals surface area contributed by atoms with Crippen LogP contribution in [-0.4, -0.2) is 15.0 Å². The Morgan fingerprint density at radius 3 is 1.20 bits per heavy atom. The van der Waals surface area contributed by atoms with Crippen LogP contribution in [0.4, 0.5) is 0 Å². The van der Waals surface area contributed by atoms with Gasteiger partial charge in [0.2, 0.25) is 0 Å². The van der Waals surface area contributed by atoms with Crippen molar-refractivity contribution in [2.75, 3.05) is 0 Å². The second-order valence-corrected chi connectivity index (χ2v) is 7.20. The molecule has 0 atom stereocenters. The van der Waals surface area contributed by atoms with E-state index in [2.05, 4.69) is 19.2 Å². The maximum absolute atomic E-state index is 5.43. The molecular formula is C21H22ClN3O5. The highest BCUT2D eigenvalue weighted by atomic mass is 35.5. The van der Waals surface area contributed by atoms with E-state index in [9.17, 15) is 0 Å². The molecule has 0 radical (unpaired) electrons. The normalized spacial score (nSPS) is 10.5. The fraction of sp³-hybridized carbons (Fsp3) is 0.286. The number of hydrogen-bond acceptors (Lipinski definition) is 8. The van der Waals surface area contributed by atoms with Gasteiger partial charge in [-0.2, -0.15) is 0 Å². The van der Waals surface area contributed by atoms with Gasteiger partial charge in [0.05, 0.1) is 0 Å². The first kappa shape index (κ1) is 21.4. The lowest BCUT2D eigenvalue weighted by molar-refractivity contribution is -0.123. The maximum Gasteiger partial charge on any atom is 0.376 e. The van der Waals surface area contributed by atoms with Gasteiger partial charge in [0, 0.05) is 0 Å². The molecule has 3 rings (SSSR count). The Hall–Kier alpha value is -3.26. The summed E-state index contributed by atoms with van der Waals surface area (Å²) >= 11 is 5.40. The first-order valence-electron chi connectivity index (χ1n) is 9.16. The van der Waals surface area contributed by atoms with Crippen LogP contribution in [0.15, 0.2) is 24.3 Å². The van der Waals surface area contributed by atoms with Crippen LogP contribution in [0.3, 0.4) is 0 Å². The molecule has 0 aliphatic carbocycles. The second-order valence-electron chi connectivity index (χ2n) is 7.05. The lowest BCUT2D eigenvalue weighted by Gasteiger charge is -2.12. The monoisotopic (exact) mass is 431 g/mol. The summed E-state index contributed by atoms with van der Waals surface area (Å²) in [6.45, 7) is 11.6. The first-order chi connectivity index (χ1) is 14.3. The molecule has 0 fully saturated rings. The minimum absolute atomic E-state index is 0.212. The molecule has 0 N–H and O–H groups in total. The van der Waals surface area contributed by atoms with E-state index < -0.39 is 0 Å². The van der Waals surface area contributed by atoms with Crippen LogP contribution in [0.1, 0.15) is 33.4 Å². The van der Waals surface area contributed by atoms with Gasteiger partial charge in [-0.05, 0) is 63.8 Å². The highest BCUT2D eigenvalue weighted by molar-refractivity contribution is 6.08. The zero-order valence-electron chi connectivity index (χ0n) is 17.6. The quantitative estimate of drug-likeness (QED) is 0.381. The van der Waals surface area contributed by atoms with Crippen LogP contribution in [0, 0.1) is 41.5 Å². The van der Waals surface area contributed by atoms with Crippen molar-refractivity contribution in [1.29, 1.82) is 0 Å². The van der Waals surface area contributed by atoms with Gasteiger partial charge < -0.3 is 4.29 Å². The third-order valence-electron chi connectivity index (χ3n) is 4.25. The van der Waals surface area contributed by atoms with Crippen molar-refractivity contribution in [3.8, 4) is 29.5 Å². The fourth-order valence-corrected chi connectivity index (χ4v) is 3.25. The standard InChI is InChI=1S/C21H22ClN3O5/c1-11-7-13(3)17(14(4)8-11)27-29-20-23-19(26-22)24-21(25-20)30-28-18-15(5)9-12(2)10-16(18)6/h7-10H,1-6H3. The SMILES string of the molecule is Cc1cc(C)c(OOc2nc(OCl)nc(OOc3c(C)cc(C)cc3C)n2)c(C)c1. The number of aryl methyl sites for hydroxylation is 6. The highest BCUT2D eigenvalue weighted by Crippen LogP contribution is 2.27. The lowest BCUT2D eigenvalue weighted by Crippen LogP contribution is -2.11. The smallest absolute Gasteiger partial charge is 0.344 e. The van der Waals surface area contributed by atoms with Crippen LogP contribution in [0.2, 0.25) is 0 Å². The van der Waals surface area contributed by atoms with Gasteiger partial charge in [-0.3, -0.25) is 9.78 Å². The molecule has 1 heterocycles. The van der Waals surface area contributed by atoms with Gasteiger partial charge in [0.1, 0.15) is 11.9 Å². The van der Waals surface area contributed by atoms with E-state index in [1.54, 1.807) is 0 Å². The van der Waals surface area contributed by atoms with Crippen molar-refractivity contribution in [2.45, 2.75) is 41.5 Å². The van der Waals surface area contributed by atoms with E-state index in [0.717, 1.165) is 33.4 Å². The van der Waals surface area contributed by atoms with Crippen molar-refractivity contribution in [2.24, 2.45) is 0 Å². The summed E-state index contributed by atoms with van der Waals surface area (Å²) in [4.78, 5) is 33.2. The molecule has 3 aromatic rings. The summed E-state index contributed by atoms with van der Waals surface area (Å²) < 4.78 is 4.56. The Kier molecular flexibility index (Phi) is 6.47. The van der Waals surface area contributed by atoms with Crippen LogP contribution >= 0.6 is 11.9 Å². The predicted molar refractivity (Wildman–Crippen MR) is 110 cm³/mol. The van der Waals surface area contributed by atoms with Gasteiger partial charge >= 0.3 is 18.0 Å². The molecule has 0 unspecified atom stereocenters. The Morgan fingerprint density at radius 1 is 0.533 bits per heavy atom. The van der Waals surface area contributed by atoms with E-state index in [1.807, 2.05) is 65.8 Å². The second kappa shape index (κ2) is 9.04. The number of rotatable bonds is 7. The highest BCUT2D eigenvalue weighted by Gasteiger charge is 2.16. The molecule has 0 saturated heterocycles. The van der Waals surface area contributed by atoms with E-state index >= 15 is 0 Å². The minimum atomic E-state index is -0.237. The first-order valence-corrected chi connectivity index (χ1v) is 9.47. The Bertz CT molecular complexity index is 949. The van der Waals surface area contributed by atoms with Crippen molar-refractivity contribution < 1.29 is 23.8 Å². The molecule has 0 saturated carbocycles. The van der Waals surface area contributed by atoms with Crippen LogP contribution in [0.5, 0.6) is 29.5 Å². The van der Waals surface area contributed by atoms with E-state index in [4.69, 9.17) is 31.4 Å². The van der Waals surface area contributed by atoms with Gasteiger partial charge in [-0.1, -0.05) is 35.4 Å². The zero-order chi connectivity index (χ0) is 21.8. The van der Waals surface area contributed by atoms with Gasteiger partial charge in [-0.25, -0.2) is 9.78 Å². The van der Waals surface area contributed by atoms with Gasteiger partial charge in [0.25, 0.3) is 0 Å². The van der Waals surface area contributed by atoms with Gasteiger partial charge in [-0.15, -0.1) is 15.0 Å². The Balaban J connectivity index is 1.77. The Morgan fingerprint density at radius 2 is 0.867 bits per heavy atom. The molecule has 0 aliphatic rings. The van der Waals surface area contributed by atoms with E-state index in [0.29, 0.717) is 11.5 Å². The summed E-state index contributed by atoms with van der Waals surface area (Å²) in [7, 11) is 0. The van der Waals surface area contributed by atoms with E-state index in [-0.39, 0.29) is 18.0 Å². The Labute approximate surface area is 179 Å². The maximum atomic E-state index is 5.43. The van der Waals surface area contributed by atoms with Crippen molar-refractivity contribution in [3.63, 3.8) is 0 Å². The largest absolute Gasteiger partial charge is 0.376 e. The number of halogens is 1. The molecular weight excluding hydrogens is 410 g/mol. The summed E-state index contributed by atoms with van der Waals surface area (Å²) in [5.74, 6) is 1.11. The molecule has 1 aromatic heterocycles. The molecule has 8 nitrogen and oxygen atoms in total. The molecule has 9 heteroatoms. The van der Waals surface area contributed by atoms with E-state index in [1.165, 1.54) is 0 Å². The topological polar surface area (TPSA) is 84.8 Å². The van der Waals surface area contributed by atoms with Crippen LogP contribution < -0.4 is 23.8 Å². The number of aromatic nitrogens is 3. The van der Waals surface area contributed by atoms with Crippen LogP contribution in [-0.2, 0) is 0 Å². The summed E-state index contributed by atoms with van der Waals surface area (Å²) in [6.07, 6.45) is 0. The average molecular weight is 432 g/mol. The van der Waals surface area contributed by atoms with Gasteiger partial charge in [0.15, 0.2) is 11.5 Å². The van der Waals surface area contributed by atoms with Crippen molar-refractivity contribution in [1.82, 2.24) is 15.0 Å². The molecule has 2 aromatic carbocycles. The number of benzene rings is 2. The average Bonchev–Trinajstić information content (AvgIpc) is 2.66. The number of hydrogen-bond donors (Lipinski definition) is 0. The van der Waals surface area contributed by atoms with Crippen molar-refractivity contribution >= 4 is 11.9 Å². The summed E-state index contributed by atoms with van der Waals surface area (Å²) in [6, 6.07) is 7.23. The zero-order valence-corrected chi connectivity index (χ0v) is 18.3. The summed E-state index contributed by atoms with van der Waals surface area (Å²) in [5, 5.41) is 0. The summed E-state index contributed by atoms with van der Waals surface area (Å²) in [5.41, 5.74) is 5.84. The third-order valence-corrected chi connectivity index (χ3v) is 4.39. The molecule has 0 bridgehead atoms. The van der Waals surface area contributed by atoms with Crippen molar-refractivity contribution in [3.05, 3.63) is 57.6 Å². The molecule has 30 heavy (non-hydrogen) atoms. The molecule has 158 valence electrons. The molecule has 0 aliphatic heterocycles. The fourth-order valence-electron chi connectivity index (χ4n) is 3.18.